The molecule has 2 aromatic rings. The topological polar surface area (TPSA) is 105 Å². The Morgan fingerprint density at radius 1 is 1.21 bits per heavy atom. The van der Waals surface area contributed by atoms with Crippen molar-refractivity contribution < 1.29 is 17.7 Å². The average molecular weight is 407 g/mol. The number of nitrogens with zero attached hydrogens (tertiary/aromatic N) is 3. The third-order valence-electron chi connectivity index (χ3n) is 5.77. The standard InChI is InChI=1S/C19H26N4O4S/c1-12-10-16(17-13(2)21-27-18(17)20-12)19(24)23-9-5-8-15(11-23)28(25,26)22-14-6-3-4-7-14/h10,14-15,22H,3-9,11H2,1-2H3. The lowest BCUT2D eigenvalue weighted by atomic mass is 10.1. The van der Waals surface area contributed by atoms with Gasteiger partial charge in [-0.1, -0.05) is 18.0 Å². The number of nitrogens with one attached hydrogen (secondary N) is 1. The lowest BCUT2D eigenvalue weighted by molar-refractivity contribution is 0.0728. The maximum atomic E-state index is 13.2. The lowest BCUT2D eigenvalue weighted by Gasteiger charge is -2.33. The summed E-state index contributed by atoms with van der Waals surface area (Å²) in [6.07, 6.45) is 5.17. The molecule has 3 heterocycles. The second-order valence-electron chi connectivity index (χ2n) is 7.92. The number of hydrogen-bond acceptors (Lipinski definition) is 6. The highest BCUT2D eigenvalue weighted by molar-refractivity contribution is 7.90. The Morgan fingerprint density at radius 2 is 1.96 bits per heavy atom. The SMILES string of the molecule is Cc1cc(C(=O)N2CCCC(S(=O)(=O)NC3CCCC3)C2)c2c(C)noc2n1. The van der Waals surface area contributed by atoms with Crippen LogP contribution in [0.3, 0.4) is 0 Å². The van der Waals surface area contributed by atoms with Gasteiger partial charge in [-0.3, -0.25) is 4.79 Å². The number of sulfonamides is 1. The molecule has 1 aliphatic heterocycles. The second-order valence-corrected chi connectivity index (χ2v) is 9.91. The molecule has 0 spiro atoms. The molecule has 1 aliphatic carbocycles. The van der Waals surface area contributed by atoms with Crippen molar-refractivity contribution in [2.75, 3.05) is 13.1 Å². The molecule has 2 fully saturated rings. The molecule has 2 aliphatic rings. The molecule has 152 valence electrons. The van der Waals surface area contributed by atoms with E-state index in [1.165, 1.54) is 0 Å². The fourth-order valence-electron chi connectivity index (χ4n) is 4.30. The number of fused-ring (bicyclic) bond motifs is 1. The minimum Gasteiger partial charge on any atom is -0.337 e. The summed E-state index contributed by atoms with van der Waals surface area (Å²) in [5.41, 5.74) is 2.08. The van der Waals surface area contributed by atoms with Gasteiger partial charge < -0.3 is 9.42 Å². The number of aryl methyl sites for hydroxylation is 2. The highest BCUT2D eigenvalue weighted by atomic mass is 32.2. The molecular weight excluding hydrogens is 380 g/mol. The van der Waals surface area contributed by atoms with Crippen LogP contribution in [0.4, 0.5) is 0 Å². The number of rotatable bonds is 4. The number of carbonyl (C=O) groups is 1. The number of likely N-dealkylation sites (tertiary alicyclic amines) is 1. The summed E-state index contributed by atoms with van der Waals surface area (Å²) in [7, 11) is -3.45. The van der Waals surface area contributed by atoms with Crippen molar-refractivity contribution in [3.05, 3.63) is 23.0 Å². The number of amides is 1. The van der Waals surface area contributed by atoms with Crippen molar-refractivity contribution in [3.8, 4) is 0 Å². The Morgan fingerprint density at radius 3 is 2.71 bits per heavy atom. The molecule has 0 radical (unpaired) electrons. The molecule has 1 saturated carbocycles. The Bertz CT molecular complexity index is 995. The maximum absolute atomic E-state index is 13.2. The first-order valence-corrected chi connectivity index (χ1v) is 11.4. The molecule has 28 heavy (non-hydrogen) atoms. The summed E-state index contributed by atoms with van der Waals surface area (Å²) in [5.74, 6) is -0.192. The van der Waals surface area contributed by atoms with Crippen molar-refractivity contribution in [1.82, 2.24) is 19.8 Å². The van der Waals surface area contributed by atoms with Gasteiger partial charge in [-0.25, -0.2) is 18.1 Å². The third-order valence-corrected chi connectivity index (χ3v) is 7.69. The highest BCUT2D eigenvalue weighted by Crippen LogP contribution is 2.26. The minimum atomic E-state index is -3.45. The number of piperidine rings is 1. The van der Waals surface area contributed by atoms with Gasteiger partial charge in [0.15, 0.2) is 0 Å². The fourth-order valence-corrected chi connectivity index (χ4v) is 6.05. The quantitative estimate of drug-likeness (QED) is 0.835. The molecule has 1 unspecified atom stereocenters. The van der Waals surface area contributed by atoms with Gasteiger partial charge in [0, 0.05) is 24.8 Å². The van der Waals surface area contributed by atoms with E-state index in [4.69, 9.17) is 4.52 Å². The van der Waals surface area contributed by atoms with Gasteiger partial charge >= 0.3 is 0 Å². The summed E-state index contributed by atoms with van der Waals surface area (Å²) in [6, 6.07) is 1.77. The summed E-state index contributed by atoms with van der Waals surface area (Å²) in [6.45, 7) is 4.31. The molecular formula is C19H26N4O4S. The van der Waals surface area contributed by atoms with Crippen LogP contribution in [0.2, 0.25) is 0 Å². The van der Waals surface area contributed by atoms with E-state index in [1.54, 1.807) is 24.8 Å². The van der Waals surface area contributed by atoms with Crippen LogP contribution in [-0.2, 0) is 10.0 Å². The molecule has 4 rings (SSSR count). The normalized spacial score (nSPS) is 21.5. The maximum Gasteiger partial charge on any atom is 0.258 e. The monoisotopic (exact) mass is 406 g/mol. The molecule has 8 nitrogen and oxygen atoms in total. The van der Waals surface area contributed by atoms with E-state index in [2.05, 4.69) is 14.9 Å². The Labute approximate surface area is 164 Å². The average Bonchev–Trinajstić information content (AvgIpc) is 3.30. The van der Waals surface area contributed by atoms with Crippen molar-refractivity contribution >= 4 is 27.0 Å². The largest absolute Gasteiger partial charge is 0.337 e. The fraction of sp³-hybridized carbons (Fsp3) is 0.632. The summed E-state index contributed by atoms with van der Waals surface area (Å²) in [4.78, 5) is 19.2. The van der Waals surface area contributed by atoms with E-state index in [-0.39, 0.29) is 18.5 Å². The Hall–Kier alpha value is -2.00. The highest BCUT2D eigenvalue weighted by Gasteiger charge is 2.35. The molecule has 0 aromatic carbocycles. The van der Waals surface area contributed by atoms with E-state index < -0.39 is 15.3 Å². The van der Waals surface area contributed by atoms with Gasteiger partial charge in [0.2, 0.25) is 10.0 Å². The van der Waals surface area contributed by atoms with Crippen LogP contribution in [0, 0.1) is 13.8 Å². The summed E-state index contributed by atoms with van der Waals surface area (Å²) >= 11 is 0. The van der Waals surface area contributed by atoms with Crippen LogP contribution in [0.25, 0.3) is 11.1 Å². The van der Waals surface area contributed by atoms with Gasteiger partial charge in [0.05, 0.1) is 21.9 Å². The zero-order chi connectivity index (χ0) is 19.9. The van der Waals surface area contributed by atoms with E-state index in [9.17, 15) is 13.2 Å². The Kier molecular flexibility index (Phi) is 5.13. The van der Waals surface area contributed by atoms with Crippen LogP contribution < -0.4 is 4.72 Å². The number of pyridine rings is 1. The predicted molar refractivity (Wildman–Crippen MR) is 105 cm³/mol. The minimum absolute atomic E-state index is 0.0400. The third kappa shape index (κ3) is 3.65. The molecule has 0 bridgehead atoms. The molecule has 9 heteroatoms. The van der Waals surface area contributed by atoms with Crippen LogP contribution in [0.15, 0.2) is 10.6 Å². The van der Waals surface area contributed by atoms with Gasteiger partial charge in [-0.05, 0) is 45.6 Å². The molecule has 1 saturated heterocycles. The second kappa shape index (κ2) is 7.44. The van der Waals surface area contributed by atoms with Gasteiger partial charge in [-0.15, -0.1) is 0 Å². The van der Waals surface area contributed by atoms with E-state index in [0.717, 1.165) is 25.7 Å². The van der Waals surface area contributed by atoms with Crippen molar-refractivity contribution in [3.63, 3.8) is 0 Å². The zero-order valence-corrected chi connectivity index (χ0v) is 17.1. The van der Waals surface area contributed by atoms with Gasteiger partial charge in [0.1, 0.15) is 0 Å². The van der Waals surface area contributed by atoms with Crippen LogP contribution in [0.5, 0.6) is 0 Å². The first kappa shape index (κ1) is 19.3. The first-order chi connectivity index (χ1) is 13.3. The first-order valence-electron chi connectivity index (χ1n) is 9.89. The molecule has 1 amide bonds. The van der Waals surface area contributed by atoms with E-state index in [0.29, 0.717) is 47.4 Å². The molecule has 2 aromatic heterocycles. The zero-order valence-electron chi connectivity index (χ0n) is 16.3. The predicted octanol–water partition coefficient (Wildman–Crippen LogP) is 2.31. The van der Waals surface area contributed by atoms with Crippen LogP contribution in [0.1, 0.15) is 60.3 Å². The number of hydrogen-bond donors (Lipinski definition) is 1. The van der Waals surface area contributed by atoms with Crippen molar-refractivity contribution in [1.29, 1.82) is 0 Å². The summed E-state index contributed by atoms with van der Waals surface area (Å²) < 4.78 is 33.8. The van der Waals surface area contributed by atoms with E-state index in [1.807, 2.05) is 0 Å². The van der Waals surface area contributed by atoms with Gasteiger partial charge in [0.25, 0.3) is 11.6 Å². The van der Waals surface area contributed by atoms with Crippen molar-refractivity contribution in [2.24, 2.45) is 0 Å². The van der Waals surface area contributed by atoms with E-state index >= 15 is 0 Å². The lowest BCUT2D eigenvalue weighted by Crippen LogP contribution is -2.50. The van der Waals surface area contributed by atoms with Crippen molar-refractivity contribution in [2.45, 2.75) is 63.7 Å². The molecule has 1 atom stereocenters. The van der Waals surface area contributed by atoms with Crippen LogP contribution in [-0.4, -0.2) is 53.7 Å². The number of aromatic nitrogens is 2. The van der Waals surface area contributed by atoms with Gasteiger partial charge in [-0.2, -0.15) is 0 Å². The molecule has 1 N–H and O–H groups in total. The smallest absolute Gasteiger partial charge is 0.258 e. The number of carbonyl (C=O) groups excluding carboxylic acids is 1. The Balaban J connectivity index is 1.56. The van der Waals surface area contributed by atoms with Crippen LogP contribution >= 0.6 is 0 Å². The summed E-state index contributed by atoms with van der Waals surface area (Å²) in [5, 5.41) is 3.95.